The van der Waals surface area contributed by atoms with Gasteiger partial charge in [0.05, 0.1) is 5.69 Å². The van der Waals surface area contributed by atoms with Crippen molar-refractivity contribution in [3.05, 3.63) is 17.8 Å². The molecule has 0 bridgehead atoms. The molecule has 0 radical (unpaired) electrons. The van der Waals surface area contributed by atoms with E-state index in [1.54, 1.807) is 6.07 Å². The van der Waals surface area contributed by atoms with E-state index in [0.717, 1.165) is 5.82 Å². The first-order chi connectivity index (χ1) is 7.70. The highest BCUT2D eigenvalue weighted by atomic mass is 15.0. The lowest BCUT2D eigenvalue weighted by atomic mass is 10.1. The van der Waals surface area contributed by atoms with Gasteiger partial charge in [-0.25, -0.2) is 4.98 Å². The summed E-state index contributed by atoms with van der Waals surface area (Å²) in [5, 5.41) is 12.2. The fraction of sp³-hybridized carbons (Fsp3) is 0.500. The number of nitrogens with zero attached hydrogens (tertiary/aromatic N) is 2. The van der Waals surface area contributed by atoms with E-state index in [0.29, 0.717) is 23.3 Å². The monoisotopic (exact) mass is 216 g/mol. The smallest absolute Gasteiger partial charge is 0.165 e. The maximum absolute atomic E-state index is 8.84. The molecule has 3 N–H and O–H groups in total. The molecule has 0 saturated heterocycles. The summed E-state index contributed by atoms with van der Waals surface area (Å²) < 4.78 is 0. The largest absolute Gasteiger partial charge is 0.396 e. The van der Waals surface area contributed by atoms with Gasteiger partial charge in [-0.1, -0.05) is 13.3 Å². The van der Waals surface area contributed by atoms with Gasteiger partial charge in [-0.3, -0.25) is 0 Å². The summed E-state index contributed by atoms with van der Waals surface area (Å²) >= 11 is 0. The number of nitrogens with two attached hydrogens (primary N) is 1. The van der Waals surface area contributed by atoms with Crippen LogP contribution >= 0.6 is 0 Å². The molecule has 1 heterocycles. The molecule has 1 saturated carbocycles. The van der Waals surface area contributed by atoms with E-state index < -0.39 is 0 Å². The van der Waals surface area contributed by atoms with Gasteiger partial charge in [0.25, 0.3) is 0 Å². The molecule has 0 aliphatic heterocycles. The van der Waals surface area contributed by atoms with Crippen LogP contribution in [-0.2, 0) is 0 Å². The molecule has 0 amide bonds. The summed E-state index contributed by atoms with van der Waals surface area (Å²) in [5.41, 5.74) is 6.36. The summed E-state index contributed by atoms with van der Waals surface area (Å²) in [6.07, 6.45) is 3.70. The molecule has 2 atom stereocenters. The Bertz CT molecular complexity index is 422. The van der Waals surface area contributed by atoms with Crippen molar-refractivity contribution in [3.8, 4) is 6.07 Å². The first-order valence-corrected chi connectivity index (χ1v) is 5.64. The van der Waals surface area contributed by atoms with Crippen molar-refractivity contribution in [1.82, 2.24) is 4.98 Å². The van der Waals surface area contributed by atoms with E-state index in [1.807, 2.05) is 12.1 Å². The molecule has 1 aliphatic carbocycles. The van der Waals surface area contributed by atoms with Crippen molar-refractivity contribution in [3.63, 3.8) is 0 Å². The molecule has 1 aromatic heterocycles. The van der Waals surface area contributed by atoms with E-state index in [1.165, 1.54) is 19.3 Å². The van der Waals surface area contributed by atoms with E-state index in [-0.39, 0.29) is 0 Å². The number of nitrogen functional groups attached to an aromatic ring is 1. The topological polar surface area (TPSA) is 74.7 Å². The molecule has 1 aromatic rings. The molecule has 1 fully saturated rings. The van der Waals surface area contributed by atoms with Crippen molar-refractivity contribution >= 4 is 11.5 Å². The number of hydrogen-bond acceptors (Lipinski definition) is 4. The van der Waals surface area contributed by atoms with E-state index in [4.69, 9.17) is 11.0 Å². The Kier molecular flexibility index (Phi) is 2.95. The lowest BCUT2D eigenvalue weighted by Gasteiger charge is -2.18. The number of nitrogens with one attached hydrogen (secondary N) is 1. The summed E-state index contributed by atoms with van der Waals surface area (Å²) in [6.45, 7) is 2.24. The second kappa shape index (κ2) is 4.40. The minimum atomic E-state index is 0.302. The van der Waals surface area contributed by atoms with Crippen LogP contribution in [0, 0.1) is 17.2 Å². The molecule has 84 valence electrons. The van der Waals surface area contributed by atoms with E-state index in [2.05, 4.69) is 17.2 Å². The molecule has 4 nitrogen and oxygen atoms in total. The van der Waals surface area contributed by atoms with Crippen LogP contribution in [-0.4, -0.2) is 11.0 Å². The fourth-order valence-corrected chi connectivity index (χ4v) is 2.19. The average Bonchev–Trinajstić information content (AvgIpc) is 2.67. The molecule has 2 unspecified atom stereocenters. The third-order valence-electron chi connectivity index (χ3n) is 3.23. The first kappa shape index (κ1) is 10.7. The number of nitriles is 1. The highest BCUT2D eigenvalue weighted by molar-refractivity contribution is 5.54. The zero-order chi connectivity index (χ0) is 11.5. The van der Waals surface area contributed by atoms with Gasteiger partial charge >= 0.3 is 0 Å². The normalized spacial score (nSPS) is 24.0. The van der Waals surface area contributed by atoms with Gasteiger partial charge in [0.2, 0.25) is 0 Å². The SMILES string of the molecule is CC1CCCC1Nc1ccc(N)c(C#N)n1. The molecule has 16 heavy (non-hydrogen) atoms. The fourth-order valence-electron chi connectivity index (χ4n) is 2.19. The van der Waals surface area contributed by atoms with E-state index in [9.17, 15) is 0 Å². The minimum Gasteiger partial charge on any atom is -0.396 e. The Labute approximate surface area is 95.5 Å². The predicted molar refractivity (Wildman–Crippen MR) is 63.8 cm³/mol. The molecule has 4 heteroatoms. The van der Waals surface area contributed by atoms with Gasteiger partial charge in [-0.2, -0.15) is 5.26 Å². The van der Waals surface area contributed by atoms with E-state index >= 15 is 0 Å². The van der Waals surface area contributed by atoms with Crippen LogP contribution in [0.15, 0.2) is 12.1 Å². The third-order valence-corrected chi connectivity index (χ3v) is 3.23. The number of pyridine rings is 1. The Hall–Kier alpha value is -1.76. The molecular weight excluding hydrogens is 200 g/mol. The zero-order valence-electron chi connectivity index (χ0n) is 9.40. The van der Waals surface area contributed by atoms with Crippen molar-refractivity contribution in [2.24, 2.45) is 5.92 Å². The number of rotatable bonds is 2. The van der Waals surface area contributed by atoms with Gasteiger partial charge in [0.1, 0.15) is 11.9 Å². The average molecular weight is 216 g/mol. The Morgan fingerprint density at radius 2 is 2.31 bits per heavy atom. The highest BCUT2D eigenvalue weighted by Gasteiger charge is 2.23. The predicted octanol–water partition coefficient (Wildman–Crippen LogP) is 2.14. The Morgan fingerprint density at radius 3 is 2.94 bits per heavy atom. The van der Waals surface area contributed by atoms with Crippen LogP contribution in [0.4, 0.5) is 11.5 Å². The Morgan fingerprint density at radius 1 is 1.50 bits per heavy atom. The van der Waals surface area contributed by atoms with Crippen LogP contribution in [0.5, 0.6) is 0 Å². The Balaban J connectivity index is 2.13. The number of anilines is 2. The number of hydrogen-bond donors (Lipinski definition) is 2. The maximum Gasteiger partial charge on any atom is 0.165 e. The van der Waals surface area contributed by atoms with Crippen LogP contribution in [0.2, 0.25) is 0 Å². The lowest BCUT2D eigenvalue weighted by Crippen LogP contribution is -2.22. The lowest BCUT2D eigenvalue weighted by molar-refractivity contribution is 0.555. The standard InChI is InChI=1S/C12H16N4/c1-8-3-2-4-10(8)15-12-6-5-9(14)11(7-13)16-12/h5-6,8,10H,2-4,14H2,1H3,(H,15,16). The van der Waals surface area contributed by atoms with Crippen molar-refractivity contribution < 1.29 is 0 Å². The maximum atomic E-state index is 8.84. The molecule has 0 aromatic carbocycles. The summed E-state index contributed by atoms with van der Waals surface area (Å²) in [7, 11) is 0. The molecule has 2 rings (SSSR count). The van der Waals surface area contributed by atoms with Crippen LogP contribution in [0.25, 0.3) is 0 Å². The highest BCUT2D eigenvalue weighted by Crippen LogP contribution is 2.27. The molecule has 1 aliphatic rings. The van der Waals surface area contributed by atoms with Crippen molar-refractivity contribution in [2.45, 2.75) is 32.2 Å². The second-order valence-electron chi connectivity index (χ2n) is 4.41. The van der Waals surface area contributed by atoms with Crippen LogP contribution < -0.4 is 11.1 Å². The summed E-state index contributed by atoms with van der Waals surface area (Å²) in [5.74, 6) is 1.43. The first-order valence-electron chi connectivity index (χ1n) is 5.64. The molecule has 0 spiro atoms. The quantitative estimate of drug-likeness (QED) is 0.794. The third kappa shape index (κ3) is 2.08. The van der Waals surface area contributed by atoms with Gasteiger partial charge < -0.3 is 11.1 Å². The van der Waals surface area contributed by atoms with Gasteiger partial charge in [0, 0.05) is 6.04 Å². The van der Waals surface area contributed by atoms with Crippen molar-refractivity contribution in [1.29, 1.82) is 5.26 Å². The number of aromatic nitrogens is 1. The van der Waals surface area contributed by atoms with Gasteiger partial charge in [-0.15, -0.1) is 0 Å². The summed E-state index contributed by atoms with van der Waals surface area (Å²) in [6, 6.07) is 6.03. The minimum absolute atomic E-state index is 0.302. The molecular formula is C12H16N4. The van der Waals surface area contributed by atoms with Crippen LogP contribution in [0.1, 0.15) is 31.9 Å². The zero-order valence-corrected chi connectivity index (χ0v) is 9.40. The van der Waals surface area contributed by atoms with Gasteiger partial charge in [0.15, 0.2) is 5.69 Å². The summed E-state index contributed by atoms with van der Waals surface area (Å²) in [4.78, 5) is 4.19. The van der Waals surface area contributed by atoms with Gasteiger partial charge in [-0.05, 0) is 30.9 Å². The van der Waals surface area contributed by atoms with Crippen LogP contribution in [0.3, 0.4) is 0 Å². The van der Waals surface area contributed by atoms with Crippen molar-refractivity contribution in [2.75, 3.05) is 11.1 Å². The second-order valence-corrected chi connectivity index (χ2v) is 4.41.